The molecule has 0 aliphatic heterocycles. The zero-order valence-corrected chi connectivity index (χ0v) is 9.54. The summed E-state index contributed by atoms with van der Waals surface area (Å²) in [6.07, 6.45) is 5.34. The van der Waals surface area contributed by atoms with Crippen molar-refractivity contribution in [2.45, 2.75) is 0 Å². The van der Waals surface area contributed by atoms with E-state index >= 15 is 0 Å². The lowest BCUT2D eigenvalue weighted by atomic mass is 10.1. The highest BCUT2D eigenvalue weighted by Gasteiger charge is 2.06. The quantitative estimate of drug-likeness (QED) is 0.436. The van der Waals surface area contributed by atoms with E-state index in [4.69, 9.17) is 0 Å². The van der Waals surface area contributed by atoms with Crippen LogP contribution in [0.2, 0.25) is 0 Å². The van der Waals surface area contributed by atoms with Gasteiger partial charge in [-0.15, -0.1) is 0 Å². The molecule has 2 aromatic carbocycles. The fraction of sp³-hybridized carbons (Fsp3) is 0. The molecule has 0 fully saturated rings. The molecule has 4 aromatic rings. The molecule has 2 aromatic heterocycles. The van der Waals surface area contributed by atoms with E-state index in [-0.39, 0.29) is 0 Å². The summed E-state index contributed by atoms with van der Waals surface area (Å²) in [5.41, 5.74) is 2.78. The van der Waals surface area contributed by atoms with Gasteiger partial charge in [0.15, 0.2) is 0 Å². The molecule has 0 spiro atoms. The molecule has 0 aliphatic rings. The zero-order valence-electron chi connectivity index (χ0n) is 9.54. The van der Waals surface area contributed by atoms with E-state index in [0.29, 0.717) is 0 Å². The van der Waals surface area contributed by atoms with E-state index in [2.05, 4.69) is 27.1 Å². The number of benzene rings is 2. The SMILES string of the molecule is c1ccc2c(c1)cnc1ccc3nccnc3c12. The molecule has 0 radical (unpaired) electrons. The van der Waals surface area contributed by atoms with Crippen molar-refractivity contribution >= 4 is 32.7 Å². The molecular formula is C15H9N3. The topological polar surface area (TPSA) is 38.7 Å². The van der Waals surface area contributed by atoms with Gasteiger partial charge in [-0.3, -0.25) is 15.0 Å². The molecule has 0 N–H and O–H groups in total. The molecule has 0 unspecified atom stereocenters. The molecule has 3 nitrogen and oxygen atoms in total. The first-order chi connectivity index (χ1) is 8.93. The summed E-state index contributed by atoms with van der Waals surface area (Å²) in [5, 5.41) is 3.38. The van der Waals surface area contributed by atoms with Crippen LogP contribution in [0.4, 0.5) is 0 Å². The largest absolute Gasteiger partial charge is 0.256 e. The average molecular weight is 231 g/mol. The second-order valence-corrected chi connectivity index (χ2v) is 4.23. The third-order valence-corrected chi connectivity index (χ3v) is 3.19. The summed E-state index contributed by atoms with van der Waals surface area (Å²) in [6.45, 7) is 0. The van der Waals surface area contributed by atoms with Crippen LogP contribution in [0.5, 0.6) is 0 Å². The van der Waals surface area contributed by atoms with Gasteiger partial charge in [0.1, 0.15) is 0 Å². The summed E-state index contributed by atoms with van der Waals surface area (Å²) in [4.78, 5) is 13.3. The van der Waals surface area contributed by atoms with Crippen LogP contribution in [-0.2, 0) is 0 Å². The first kappa shape index (κ1) is 9.48. The minimum Gasteiger partial charge on any atom is -0.256 e. The molecule has 0 aliphatic carbocycles. The van der Waals surface area contributed by atoms with E-state index in [9.17, 15) is 0 Å². The first-order valence-electron chi connectivity index (χ1n) is 5.81. The maximum Gasteiger partial charge on any atom is 0.0986 e. The van der Waals surface area contributed by atoms with Gasteiger partial charge in [-0.2, -0.15) is 0 Å². The Morgan fingerprint density at radius 2 is 1.56 bits per heavy atom. The lowest BCUT2D eigenvalue weighted by Gasteiger charge is -2.05. The molecule has 0 saturated heterocycles. The van der Waals surface area contributed by atoms with Gasteiger partial charge in [-0.1, -0.05) is 24.3 Å². The van der Waals surface area contributed by atoms with Crippen LogP contribution in [0.15, 0.2) is 55.0 Å². The third-order valence-electron chi connectivity index (χ3n) is 3.19. The molecule has 84 valence electrons. The Labute approximate surface area is 103 Å². The number of pyridine rings is 1. The van der Waals surface area contributed by atoms with Crippen molar-refractivity contribution in [2.24, 2.45) is 0 Å². The van der Waals surface area contributed by atoms with Gasteiger partial charge in [0.2, 0.25) is 0 Å². The van der Waals surface area contributed by atoms with Gasteiger partial charge in [0.25, 0.3) is 0 Å². The lowest BCUT2D eigenvalue weighted by molar-refractivity contribution is 1.30. The van der Waals surface area contributed by atoms with E-state index in [0.717, 1.165) is 27.3 Å². The summed E-state index contributed by atoms with van der Waals surface area (Å²) in [6, 6.07) is 12.2. The van der Waals surface area contributed by atoms with Crippen LogP contribution in [0, 0.1) is 0 Å². The van der Waals surface area contributed by atoms with Crippen molar-refractivity contribution in [3.8, 4) is 0 Å². The maximum absolute atomic E-state index is 4.49. The highest BCUT2D eigenvalue weighted by Crippen LogP contribution is 2.28. The van der Waals surface area contributed by atoms with Gasteiger partial charge in [0, 0.05) is 29.4 Å². The van der Waals surface area contributed by atoms with E-state index in [1.807, 2.05) is 30.5 Å². The molecular weight excluding hydrogens is 222 g/mol. The smallest absolute Gasteiger partial charge is 0.0986 e. The summed E-state index contributed by atoms with van der Waals surface area (Å²) >= 11 is 0. The van der Waals surface area contributed by atoms with Gasteiger partial charge < -0.3 is 0 Å². The second-order valence-electron chi connectivity index (χ2n) is 4.23. The van der Waals surface area contributed by atoms with Crippen molar-refractivity contribution in [3.05, 3.63) is 55.0 Å². The van der Waals surface area contributed by atoms with Crippen molar-refractivity contribution in [1.29, 1.82) is 0 Å². The summed E-state index contributed by atoms with van der Waals surface area (Å²) < 4.78 is 0. The van der Waals surface area contributed by atoms with Crippen molar-refractivity contribution in [1.82, 2.24) is 15.0 Å². The Bertz CT molecular complexity index is 813. The van der Waals surface area contributed by atoms with Crippen LogP contribution in [-0.4, -0.2) is 15.0 Å². The van der Waals surface area contributed by atoms with Gasteiger partial charge in [-0.25, -0.2) is 0 Å². The molecule has 0 bridgehead atoms. The van der Waals surface area contributed by atoms with E-state index in [1.165, 1.54) is 5.39 Å². The minimum atomic E-state index is 0.906. The monoisotopic (exact) mass is 231 g/mol. The summed E-state index contributed by atoms with van der Waals surface area (Å²) in [5.74, 6) is 0. The Hall–Kier alpha value is -2.55. The Morgan fingerprint density at radius 3 is 2.56 bits per heavy atom. The normalized spacial score (nSPS) is 11.3. The zero-order chi connectivity index (χ0) is 11.9. The number of rotatable bonds is 0. The van der Waals surface area contributed by atoms with Gasteiger partial charge in [0.05, 0.1) is 16.6 Å². The minimum absolute atomic E-state index is 0.906. The standard InChI is InChI=1S/C15H9N3/c1-2-4-11-10(3-1)9-18-12-5-6-13-15(14(11)12)17-8-7-16-13/h1-9H. The molecule has 18 heavy (non-hydrogen) atoms. The van der Waals surface area contributed by atoms with E-state index < -0.39 is 0 Å². The highest BCUT2D eigenvalue weighted by molar-refractivity contribution is 6.16. The maximum atomic E-state index is 4.49. The average Bonchev–Trinajstić information content (AvgIpc) is 2.46. The van der Waals surface area contributed by atoms with Crippen molar-refractivity contribution in [2.75, 3.05) is 0 Å². The van der Waals surface area contributed by atoms with Crippen LogP contribution < -0.4 is 0 Å². The fourth-order valence-electron chi connectivity index (χ4n) is 2.38. The molecule has 3 heteroatoms. The van der Waals surface area contributed by atoms with Gasteiger partial charge in [-0.05, 0) is 17.5 Å². The Kier molecular flexibility index (Phi) is 1.83. The highest BCUT2D eigenvalue weighted by atomic mass is 14.8. The van der Waals surface area contributed by atoms with Crippen LogP contribution in [0.25, 0.3) is 32.7 Å². The predicted octanol–water partition coefficient (Wildman–Crippen LogP) is 3.33. The van der Waals surface area contributed by atoms with E-state index in [1.54, 1.807) is 12.4 Å². The lowest BCUT2D eigenvalue weighted by Crippen LogP contribution is -1.87. The summed E-state index contributed by atoms with van der Waals surface area (Å²) in [7, 11) is 0. The first-order valence-corrected chi connectivity index (χ1v) is 5.81. The molecule has 0 atom stereocenters. The van der Waals surface area contributed by atoms with Crippen LogP contribution in [0.3, 0.4) is 0 Å². The molecule has 2 heterocycles. The second kappa shape index (κ2) is 3.47. The molecule has 4 rings (SSSR count). The molecule has 0 amide bonds. The Morgan fingerprint density at radius 1 is 0.722 bits per heavy atom. The predicted molar refractivity (Wildman–Crippen MR) is 72.3 cm³/mol. The van der Waals surface area contributed by atoms with Gasteiger partial charge >= 0.3 is 0 Å². The van der Waals surface area contributed by atoms with Crippen LogP contribution in [0.1, 0.15) is 0 Å². The number of hydrogen-bond acceptors (Lipinski definition) is 3. The Balaban J connectivity index is 2.38. The fourth-order valence-corrected chi connectivity index (χ4v) is 2.38. The molecule has 0 saturated carbocycles. The van der Waals surface area contributed by atoms with Crippen LogP contribution >= 0.6 is 0 Å². The number of hydrogen-bond donors (Lipinski definition) is 0. The number of nitrogens with zero attached hydrogens (tertiary/aromatic N) is 3. The number of aromatic nitrogens is 3. The van der Waals surface area contributed by atoms with Crippen molar-refractivity contribution < 1.29 is 0 Å². The number of fused-ring (bicyclic) bond motifs is 5. The van der Waals surface area contributed by atoms with Crippen molar-refractivity contribution in [3.63, 3.8) is 0 Å². The third kappa shape index (κ3) is 1.21.